The summed E-state index contributed by atoms with van der Waals surface area (Å²) in [6.45, 7) is 0. The van der Waals surface area contributed by atoms with Crippen molar-refractivity contribution in [3.05, 3.63) is 29.5 Å². The van der Waals surface area contributed by atoms with Crippen LogP contribution in [0.25, 0.3) is 0 Å². The summed E-state index contributed by atoms with van der Waals surface area (Å²) in [5, 5.41) is 3.04. The average molecular weight is 267 g/mol. The van der Waals surface area contributed by atoms with Gasteiger partial charge >= 0.3 is 6.01 Å². The number of aromatic nitrogens is 3. The molecule has 94 valence electrons. The second-order valence-corrected chi connectivity index (χ2v) is 3.58. The van der Waals surface area contributed by atoms with Crippen LogP contribution >= 0.6 is 11.6 Å². The van der Waals surface area contributed by atoms with Gasteiger partial charge in [0.05, 0.1) is 19.9 Å². The van der Waals surface area contributed by atoms with E-state index in [1.165, 1.54) is 7.11 Å². The molecule has 0 spiro atoms. The fraction of sp³-hybridized carbons (Fsp3) is 0.182. The molecule has 1 heterocycles. The zero-order valence-corrected chi connectivity index (χ0v) is 10.6. The first-order chi connectivity index (χ1) is 8.72. The van der Waals surface area contributed by atoms with E-state index < -0.39 is 0 Å². The number of para-hydroxylation sites is 2. The molecule has 0 unspecified atom stereocenters. The minimum Gasteiger partial charge on any atom is -0.495 e. The number of hydrogen-bond donors (Lipinski definition) is 1. The van der Waals surface area contributed by atoms with Gasteiger partial charge in [-0.15, -0.1) is 0 Å². The second kappa shape index (κ2) is 5.50. The molecule has 2 aromatic rings. The predicted molar refractivity (Wildman–Crippen MR) is 67.7 cm³/mol. The molecule has 1 N–H and O–H groups in total. The van der Waals surface area contributed by atoms with E-state index in [0.29, 0.717) is 5.75 Å². The van der Waals surface area contributed by atoms with E-state index in [9.17, 15) is 0 Å². The molecule has 0 amide bonds. The number of rotatable bonds is 4. The standard InChI is InChI=1S/C11H11ClN4O2/c1-17-8-6-4-3-5-7(8)13-10-14-9(12)15-11(16-10)18-2/h3-6H,1-2H3,(H,13,14,15,16). The number of benzene rings is 1. The maximum atomic E-state index is 5.76. The highest BCUT2D eigenvalue weighted by Crippen LogP contribution is 2.26. The van der Waals surface area contributed by atoms with E-state index in [0.717, 1.165) is 5.69 Å². The van der Waals surface area contributed by atoms with Crippen molar-refractivity contribution >= 4 is 23.2 Å². The third-order valence-electron chi connectivity index (χ3n) is 2.12. The topological polar surface area (TPSA) is 69.2 Å². The molecule has 0 saturated heterocycles. The second-order valence-electron chi connectivity index (χ2n) is 3.24. The Morgan fingerprint density at radius 3 is 2.56 bits per heavy atom. The van der Waals surface area contributed by atoms with Gasteiger partial charge in [-0.2, -0.15) is 15.0 Å². The van der Waals surface area contributed by atoms with Crippen LogP contribution in [0.4, 0.5) is 11.6 Å². The van der Waals surface area contributed by atoms with Crippen molar-refractivity contribution < 1.29 is 9.47 Å². The number of halogens is 1. The molecule has 0 saturated carbocycles. The Morgan fingerprint density at radius 1 is 1.06 bits per heavy atom. The van der Waals surface area contributed by atoms with Gasteiger partial charge in [0.1, 0.15) is 5.75 Å². The minimum atomic E-state index is 0.0549. The van der Waals surface area contributed by atoms with E-state index in [1.807, 2.05) is 24.3 Å². The van der Waals surface area contributed by atoms with E-state index in [2.05, 4.69) is 20.3 Å². The van der Waals surface area contributed by atoms with Crippen molar-refractivity contribution in [2.24, 2.45) is 0 Å². The Hall–Kier alpha value is -2.08. The molecule has 0 aliphatic heterocycles. The average Bonchev–Trinajstić information content (AvgIpc) is 2.38. The number of nitrogens with zero attached hydrogens (tertiary/aromatic N) is 3. The van der Waals surface area contributed by atoms with Crippen LogP contribution in [0.3, 0.4) is 0 Å². The fourth-order valence-corrected chi connectivity index (χ4v) is 1.50. The molecule has 0 fully saturated rings. The number of anilines is 2. The molecule has 2 rings (SSSR count). The van der Waals surface area contributed by atoms with Crippen LogP contribution in [0.5, 0.6) is 11.8 Å². The minimum absolute atomic E-state index is 0.0549. The molecule has 0 radical (unpaired) electrons. The molecule has 1 aromatic carbocycles. The van der Waals surface area contributed by atoms with Gasteiger partial charge in [-0.25, -0.2) is 0 Å². The van der Waals surface area contributed by atoms with Gasteiger partial charge in [-0.05, 0) is 23.7 Å². The SMILES string of the molecule is COc1nc(Cl)nc(Nc2ccccc2OC)n1. The zero-order chi connectivity index (χ0) is 13.0. The first kappa shape index (κ1) is 12.4. The monoisotopic (exact) mass is 266 g/mol. The Bertz CT molecular complexity index is 550. The van der Waals surface area contributed by atoms with Crippen molar-refractivity contribution in [1.82, 2.24) is 15.0 Å². The summed E-state index contributed by atoms with van der Waals surface area (Å²) in [5.41, 5.74) is 0.726. The van der Waals surface area contributed by atoms with Gasteiger partial charge in [0.2, 0.25) is 11.2 Å². The van der Waals surface area contributed by atoms with Gasteiger partial charge < -0.3 is 14.8 Å². The van der Waals surface area contributed by atoms with Crippen LogP contribution in [0.2, 0.25) is 5.28 Å². The molecular weight excluding hydrogens is 256 g/mol. The van der Waals surface area contributed by atoms with Gasteiger partial charge in [0, 0.05) is 0 Å². The lowest BCUT2D eigenvalue weighted by Gasteiger charge is -2.09. The van der Waals surface area contributed by atoms with Gasteiger partial charge in [-0.3, -0.25) is 0 Å². The van der Waals surface area contributed by atoms with Crippen LogP contribution in [-0.4, -0.2) is 29.2 Å². The summed E-state index contributed by atoms with van der Waals surface area (Å²) < 4.78 is 10.1. The molecule has 0 aliphatic carbocycles. The summed E-state index contributed by atoms with van der Waals surface area (Å²) in [6.07, 6.45) is 0. The Kier molecular flexibility index (Phi) is 3.78. The zero-order valence-electron chi connectivity index (χ0n) is 9.85. The molecule has 6 nitrogen and oxygen atoms in total. The molecule has 18 heavy (non-hydrogen) atoms. The lowest BCUT2D eigenvalue weighted by atomic mass is 10.3. The van der Waals surface area contributed by atoms with E-state index in [1.54, 1.807) is 7.11 Å². The first-order valence-corrected chi connectivity index (χ1v) is 5.46. The van der Waals surface area contributed by atoms with Crippen LogP contribution in [-0.2, 0) is 0 Å². The van der Waals surface area contributed by atoms with E-state index in [-0.39, 0.29) is 17.2 Å². The summed E-state index contributed by atoms with van der Waals surface area (Å²) in [7, 11) is 3.04. The normalized spacial score (nSPS) is 9.94. The Labute approximate surface area is 109 Å². The van der Waals surface area contributed by atoms with Crippen molar-refractivity contribution in [2.75, 3.05) is 19.5 Å². The molecule has 0 atom stereocenters. The van der Waals surface area contributed by atoms with Crippen molar-refractivity contribution in [3.8, 4) is 11.8 Å². The van der Waals surface area contributed by atoms with Crippen LogP contribution in [0.1, 0.15) is 0 Å². The summed E-state index contributed by atoms with van der Waals surface area (Å²) in [5.74, 6) is 0.962. The third kappa shape index (κ3) is 2.78. The highest BCUT2D eigenvalue weighted by atomic mass is 35.5. The van der Waals surface area contributed by atoms with Crippen LogP contribution in [0.15, 0.2) is 24.3 Å². The molecular formula is C11H11ClN4O2. The van der Waals surface area contributed by atoms with E-state index in [4.69, 9.17) is 21.1 Å². The maximum Gasteiger partial charge on any atom is 0.322 e. The van der Waals surface area contributed by atoms with Crippen LogP contribution < -0.4 is 14.8 Å². The van der Waals surface area contributed by atoms with Crippen molar-refractivity contribution in [2.45, 2.75) is 0 Å². The first-order valence-electron chi connectivity index (χ1n) is 5.08. The molecule has 1 aromatic heterocycles. The van der Waals surface area contributed by atoms with Gasteiger partial charge in [0.15, 0.2) is 0 Å². The van der Waals surface area contributed by atoms with Crippen molar-refractivity contribution in [1.29, 1.82) is 0 Å². The molecule has 7 heteroatoms. The Balaban J connectivity index is 2.30. The third-order valence-corrected chi connectivity index (χ3v) is 2.29. The molecule has 0 bridgehead atoms. The fourth-order valence-electron chi connectivity index (χ4n) is 1.35. The summed E-state index contributed by atoms with van der Waals surface area (Å²) in [4.78, 5) is 11.8. The lowest BCUT2D eigenvalue weighted by Crippen LogP contribution is -2.02. The lowest BCUT2D eigenvalue weighted by molar-refractivity contribution is 0.379. The predicted octanol–water partition coefficient (Wildman–Crippen LogP) is 2.29. The largest absolute Gasteiger partial charge is 0.495 e. The van der Waals surface area contributed by atoms with Crippen LogP contribution in [0, 0.1) is 0 Å². The number of nitrogens with one attached hydrogen (secondary N) is 1. The number of hydrogen-bond acceptors (Lipinski definition) is 6. The molecule has 0 aliphatic rings. The summed E-state index contributed by atoms with van der Waals surface area (Å²) >= 11 is 5.76. The van der Waals surface area contributed by atoms with Crippen molar-refractivity contribution in [3.63, 3.8) is 0 Å². The van der Waals surface area contributed by atoms with E-state index >= 15 is 0 Å². The smallest absolute Gasteiger partial charge is 0.322 e. The highest BCUT2D eigenvalue weighted by molar-refractivity contribution is 6.28. The quantitative estimate of drug-likeness (QED) is 0.916. The van der Waals surface area contributed by atoms with Gasteiger partial charge in [-0.1, -0.05) is 12.1 Å². The maximum absolute atomic E-state index is 5.76. The Morgan fingerprint density at radius 2 is 1.83 bits per heavy atom. The van der Waals surface area contributed by atoms with Gasteiger partial charge in [0.25, 0.3) is 0 Å². The number of ether oxygens (including phenoxy) is 2. The summed E-state index contributed by atoms with van der Waals surface area (Å²) in [6, 6.07) is 7.54. The number of methoxy groups -OCH3 is 2. The highest BCUT2D eigenvalue weighted by Gasteiger charge is 2.07.